The highest BCUT2D eigenvalue weighted by molar-refractivity contribution is 7.99. The van der Waals surface area contributed by atoms with Crippen LogP contribution < -0.4 is 5.32 Å². The Morgan fingerprint density at radius 1 is 1.24 bits per heavy atom. The molecule has 0 radical (unpaired) electrons. The number of hydrogen-bond acceptors (Lipinski definition) is 3. The first-order valence-corrected chi connectivity index (χ1v) is 9.34. The van der Waals surface area contributed by atoms with Gasteiger partial charge in [-0.3, -0.25) is 9.59 Å². The fourth-order valence-corrected chi connectivity index (χ4v) is 4.00. The van der Waals surface area contributed by atoms with Gasteiger partial charge in [0.05, 0.1) is 0 Å². The molecule has 1 saturated carbocycles. The highest BCUT2D eigenvalue weighted by Crippen LogP contribution is 2.46. The van der Waals surface area contributed by atoms with Crippen LogP contribution in [-0.2, 0) is 9.59 Å². The molecule has 0 aromatic rings. The number of amides is 2. The fourth-order valence-electron chi connectivity index (χ4n) is 3.40. The molecule has 4 nitrogen and oxygen atoms in total. The smallest absolute Gasteiger partial charge is 0.249 e. The molecule has 2 fully saturated rings. The number of piperazine rings is 1. The van der Waals surface area contributed by atoms with Gasteiger partial charge in [0.25, 0.3) is 0 Å². The summed E-state index contributed by atoms with van der Waals surface area (Å²) in [6.07, 6.45) is 3.43. The lowest BCUT2D eigenvalue weighted by atomic mass is 9.80. The molecule has 1 atom stereocenters. The van der Waals surface area contributed by atoms with Crippen molar-refractivity contribution in [3.05, 3.63) is 0 Å². The van der Waals surface area contributed by atoms with Crippen LogP contribution in [0.15, 0.2) is 0 Å². The molecule has 2 rings (SSSR count). The first-order valence-electron chi connectivity index (χ1n) is 8.18. The molecule has 0 aromatic carbocycles. The van der Waals surface area contributed by atoms with E-state index in [4.69, 9.17) is 0 Å². The van der Waals surface area contributed by atoms with E-state index < -0.39 is 11.1 Å². The third-order valence-corrected chi connectivity index (χ3v) is 6.15. The molecule has 1 aliphatic heterocycles. The van der Waals surface area contributed by atoms with Crippen molar-refractivity contribution >= 4 is 23.6 Å². The van der Waals surface area contributed by atoms with Crippen LogP contribution in [0.25, 0.3) is 0 Å². The van der Waals surface area contributed by atoms with Crippen LogP contribution in [0, 0.1) is 5.92 Å². The van der Waals surface area contributed by atoms with Gasteiger partial charge in [0.2, 0.25) is 11.8 Å². The molecule has 2 amide bonds. The largest absolute Gasteiger partial charge is 0.340 e. The monoisotopic (exact) mass is 312 g/mol. The van der Waals surface area contributed by atoms with E-state index in [2.05, 4.69) is 12.2 Å². The molecule has 120 valence electrons. The third-order valence-electron chi connectivity index (χ3n) is 5.27. The number of nitrogens with zero attached hydrogens (tertiary/aromatic N) is 1. The Morgan fingerprint density at radius 3 is 2.33 bits per heavy atom. The molecule has 5 heteroatoms. The maximum absolute atomic E-state index is 13.1. The van der Waals surface area contributed by atoms with Crippen LogP contribution in [0.3, 0.4) is 0 Å². The Balaban J connectivity index is 2.30. The molecule has 1 saturated heterocycles. The van der Waals surface area contributed by atoms with Crippen molar-refractivity contribution in [1.82, 2.24) is 10.2 Å². The molecule has 2 aliphatic rings. The van der Waals surface area contributed by atoms with E-state index in [-0.39, 0.29) is 11.8 Å². The predicted octanol–water partition coefficient (Wildman–Crippen LogP) is 2.43. The van der Waals surface area contributed by atoms with Gasteiger partial charge >= 0.3 is 0 Å². The van der Waals surface area contributed by atoms with E-state index >= 15 is 0 Å². The standard InChI is InChI=1S/C16H28N2O2S/c1-5-16(6-2)14(20)18(10-11-21-7-3)15(4,12-8-9-12)13(19)17-16/h12H,5-11H2,1-4H3,(H,17,19). The summed E-state index contributed by atoms with van der Waals surface area (Å²) in [5, 5.41) is 3.07. The van der Waals surface area contributed by atoms with Gasteiger partial charge in [-0.15, -0.1) is 0 Å². The Kier molecular flexibility index (Phi) is 4.91. The lowest BCUT2D eigenvalue weighted by Crippen LogP contribution is -2.75. The van der Waals surface area contributed by atoms with E-state index in [0.29, 0.717) is 25.3 Å². The summed E-state index contributed by atoms with van der Waals surface area (Å²) in [5.41, 5.74) is -1.33. The van der Waals surface area contributed by atoms with Crippen LogP contribution >= 0.6 is 11.8 Å². The minimum atomic E-state index is -0.692. The first-order chi connectivity index (χ1) is 9.96. The van der Waals surface area contributed by atoms with Crippen molar-refractivity contribution in [2.75, 3.05) is 18.1 Å². The molecule has 1 N–H and O–H groups in total. The van der Waals surface area contributed by atoms with E-state index in [0.717, 1.165) is 24.3 Å². The third kappa shape index (κ3) is 2.69. The maximum Gasteiger partial charge on any atom is 0.249 e. The lowest BCUT2D eigenvalue weighted by Gasteiger charge is -2.51. The highest BCUT2D eigenvalue weighted by atomic mass is 32.2. The number of nitrogens with one attached hydrogen (secondary N) is 1. The van der Waals surface area contributed by atoms with Crippen LogP contribution in [0.5, 0.6) is 0 Å². The van der Waals surface area contributed by atoms with Gasteiger partial charge in [-0.05, 0) is 44.3 Å². The molecular formula is C16H28N2O2S. The Labute approximate surface area is 132 Å². The molecular weight excluding hydrogens is 284 g/mol. The summed E-state index contributed by atoms with van der Waals surface area (Å²) in [5.74, 6) is 2.45. The Morgan fingerprint density at radius 2 is 1.86 bits per heavy atom. The maximum atomic E-state index is 13.1. The van der Waals surface area contributed by atoms with Gasteiger partial charge in [-0.1, -0.05) is 20.8 Å². The molecule has 1 unspecified atom stereocenters. The predicted molar refractivity (Wildman–Crippen MR) is 87.3 cm³/mol. The second-order valence-corrected chi connectivity index (χ2v) is 7.71. The number of hydrogen-bond donors (Lipinski definition) is 1. The zero-order valence-electron chi connectivity index (χ0n) is 13.7. The van der Waals surface area contributed by atoms with Crippen molar-refractivity contribution in [2.24, 2.45) is 5.92 Å². The van der Waals surface area contributed by atoms with Crippen LogP contribution in [0.1, 0.15) is 53.4 Å². The van der Waals surface area contributed by atoms with E-state index in [1.54, 1.807) is 0 Å². The molecule has 0 aromatic heterocycles. The SMILES string of the molecule is CCSCCN1C(=O)C(CC)(CC)NC(=O)C1(C)C1CC1. The molecule has 0 spiro atoms. The van der Waals surface area contributed by atoms with Crippen molar-refractivity contribution in [3.63, 3.8) is 0 Å². The topological polar surface area (TPSA) is 49.4 Å². The van der Waals surface area contributed by atoms with Gasteiger partial charge in [-0.2, -0.15) is 11.8 Å². The average molecular weight is 312 g/mol. The normalized spacial score (nSPS) is 28.7. The molecule has 1 aliphatic carbocycles. The highest BCUT2D eigenvalue weighted by Gasteiger charge is 2.60. The van der Waals surface area contributed by atoms with Gasteiger partial charge < -0.3 is 10.2 Å². The summed E-state index contributed by atoms with van der Waals surface area (Å²) in [4.78, 5) is 27.8. The summed E-state index contributed by atoms with van der Waals surface area (Å²) in [6, 6.07) is 0. The van der Waals surface area contributed by atoms with Crippen molar-refractivity contribution in [3.8, 4) is 0 Å². The summed E-state index contributed by atoms with van der Waals surface area (Å²) in [6.45, 7) is 8.74. The van der Waals surface area contributed by atoms with Gasteiger partial charge in [0.15, 0.2) is 0 Å². The minimum Gasteiger partial charge on any atom is -0.340 e. The van der Waals surface area contributed by atoms with Gasteiger partial charge in [0.1, 0.15) is 11.1 Å². The Hall–Kier alpha value is -0.710. The van der Waals surface area contributed by atoms with Crippen molar-refractivity contribution < 1.29 is 9.59 Å². The summed E-state index contributed by atoms with van der Waals surface area (Å²) < 4.78 is 0. The second kappa shape index (κ2) is 6.19. The van der Waals surface area contributed by atoms with Gasteiger partial charge in [0, 0.05) is 12.3 Å². The quantitative estimate of drug-likeness (QED) is 0.735. The number of thioether (sulfide) groups is 1. The summed E-state index contributed by atoms with van der Waals surface area (Å²) >= 11 is 1.83. The first kappa shape index (κ1) is 16.7. The van der Waals surface area contributed by atoms with Crippen LogP contribution in [0.4, 0.5) is 0 Å². The molecule has 0 bridgehead atoms. The van der Waals surface area contributed by atoms with Gasteiger partial charge in [-0.25, -0.2) is 0 Å². The summed E-state index contributed by atoms with van der Waals surface area (Å²) in [7, 11) is 0. The molecule has 21 heavy (non-hydrogen) atoms. The van der Waals surface area contributed by atoms with Crippen molar-refractivity contribution in [2.45, 2.75) is 64.5 Å². The zero-order chi connectivity index (χ0) is 15.7. The lowest BCUT2D eigenvalue weighted by molar-refractivity contribution is -0.163. The Bertz CT molecular complexity index is 419. The minimum absolute atomic E-state index is 0.0507. The van der Waals surface area contributed by atoms with Crippen molar-refractivity contribution in [1.29, 1.82) is 0 Å². The van der Waals surface area contributed by atoms with E-state index in [9.17, 15) is 9.59 Å². The fraction of sp³-hybridized carbons (Fsp3) is 0.875. The van der Waals surface area contributed by atoms with Crippen LogP contribution in [-0.4, -0.2) is 45.8 Å². The number of carbonyl (C=O) groups excluding carboxylic acids is 2. The van der Waals surface area contributed by atoms with Crippen LogP contribution in [0.2, 0.25) is 0 Å². The van der Waals surface area contributed by atoms with E-state index in [1.165, 1.54) is 0 Å². The average Bonchev–Trinajstić information content (AvgIpc) is 3.32. The number of rotatable bonds is 7. The molecule has 1 heterocycles. The number of carbonyl (C=O) groups is 2. The zero-order valence-corrected chi connectivity index (χ0v) is 14.5. The second-order valence-electron chi connectivity index (χ2n) is 6.32. The van der Waals surface area contributed by atoms with E-state index in [1.807, 2.05) is 37.4 Å².